The number of fused-ring (bicyclic) bond motifs is 1. The van der Waals surface area contributed by atoms with Crippen LogP contribution in [0.2, 0.25) is 0 Å². The van der Waals surface area contributed by atoms with E-state index in [2.05, 4.69) is 10.6 Å². The third-order valence-electron chi connectivity index (χ3n) is 6.12. The number of hydrogen-bond donors (Lipinski definition) is 3. The largest absolute Gasteiger partial charge is 0.480 e. The van der Waals surface area contributed by atoms with Crippen LogP contribution in [0.15, 0.2) is 18.2 Å². The molecule has 42 heavy (non-hydrogen) atoms. The number of nitrogens with one attached hydrogen (secondary N) is 2. The van der Waals surface area contributed by atoms with Crippen LogP contribution >= 0.6 is 0 Å². The van der Waals surface area contributed by atoms with Gasteiger partial charge >= 0.3 is 5.97 Å². The molecule has 15 nitrogen and oxygen atoms in total. The Hall–Kier alpha value is -3.47. The Kier molecular flexibility index (Phi) is 14.3. The number of aliphatic carboxylic acids is 1. The summed E-state index contributed by atoms with van der Waals surface area (Å²) >= 11 is 0. The molecule has 1 fully saturated rings. The predicted octanol–water partition coefficient (Wildman–Crippen LogP) is -0.316. The Morgan fingerprint density at radius 1 is 0.810 bits per heavy atom. The van der Waals surface area contributed by atoms with Crippen molar-refractivity contribution in [2.75, 3.05) is 91.1 Å². The van der Waals surface area contributed by atoms with E-state index in [1.165, 1.54) is 0 Å². The van der Waals surface area contributed by atoms with Crippen molar-refractivity contribution in [2.45, 2.75) is 18.9 Å². The maximum atomic E-state index is 13.1. The van der Waals surface area contributed by atoms with E-state index in [0.29, 0.717) is 78.3 Å². The minimum absolute atomic E-state index is 0.0625. The highest BCUT2D eigenvalue weighted by atomic mass is 16.6. The second-order valence-corrected chi connectivity index (χ2v) is 9.11. The number of carbonyl (C=O) groups is 5. The molecule has 15 heteroatoms. The SMILES string of the molecule is O=C(O)COCCOCCOCCOCCOCCOCCNc1cccc2c1C(=O)N(C1CCC(=O)NC1=O)C2=O. The molecule has 3 rings (SSSR count). The predicted molar refractivity (Wildman–Crippen MR) is 144 cm³/mol. The van der Waals surface area contributed by atoms with Gasteiger partial charge in [-0.15, -0.1) is 0 Å². The van der Waals surface area contributed by atoms with E-state index in [1.807, 2.05) is 0 Å². The first kappa shape index (κ1) is 33.0. The average Bonchev–Trinajstić information content (AvgIpc) is 3.21. The minimum Gasteiger partial charge on any atom is -0.480 e. The van der Waals surface area contributed by atoms with Gasteiger partial charge in [-0.25, -0.2) is 4.79 Å². The van der Waals surface area contributed by atoms with Crippen LogP contribution in [0.3, 0.4) is 0 Å². The quantitative estimate of drug-likeness (QED) is 0.117. The Balaban J connectivity index is 1.18. The first-order chi connectivity index (χ1) is 20.4. The molecule has 2 aliphatic rings. The lowest BCUT2D eigenvalue weighted by molar-refractivity contribution is -0.143. The van der Waals surface area contributed by atoms with Gasteiger partial charge in [-0.2, -0.15) is 0 Å². The van der Waals surface area contributed by atoms with Gasteiger partial charge in [0, 0.05) is 18.7 Å². The van der Waals surface area contributed by atoms with Gasteiger partial charge in [0.05, 0.1) is 83.8 Å². The molecule has 0 spiro atoms. The summed E-state index contributed by atoms with van der Waals surface area (Å²) in [7, 11) is 0. The van der Waals surface area contributed by atoms with Crippen molar-refractivity contribution in [3.05, 3.63) is 29.3 Å². The summed E-state index contributed by atoms with van der Waals surface area (Å²) in [6.07, 6.45) is 0.163. The monoisotopic (exact) mass is 595 g/mol. The number of anilines is 1. The number of carboxylic acid groups (broad SMARTS) is 1. The average molecular weight is 596 g/mol. The number of benzene rings is 1. The molecule has 2 heterocycles. The Bertz CT molecular complexity index is 1080. The van der Waals surface area contributed by atoms with E-state index < -0.39 is 35.6 Å². The fraction of sp³-hybridized carbons (Fsp3) is 0.593. The topological polar surface area (TPSA) is 188 Å². The first-order valence-electron chi connectivity index (χ1n) is 13.7. The highest BCUT2D eigenvalue weighted by Crippen LogP contribution is 2.32. The molecule has 0 saturated carbocycles. The molecule has 0 bridgehead atoms. The van der Waals surface area contributed by atoms with Gasteiger partial charge in [0.15, 0.2) is 0 Å². The number of hydrogen-bond acceptors (Lipinski definition) is 12. The minimum atomic E-state index is -1.02. The highest BCUT2D eigenvalue weighted by Gasteiger charge is 2.45. The molecule has 0 radical (unpaired) electrons. The van der Waals surface area contributed by atoms with Gasteiger partial charge in [-0.1, -0.05) is 6.07 Å². The summed E-state index contributed by atoms with van der Waals surface area (Å²) in [5, 5.41) is 13.7. The molecule has 1 saturated heterocycles. The molecule has 4 amide bonds. The number of imide groups is 2. The van der Waals surface area contributed by atoms with Gasteiger partial charge < -0.3 is 38.8 Å². The number of rotatable bonds is 22. The lowest BCUT2D eigenvalue weighted by atomic mass is 10.0. The maximum absolute atomic E-state index is 13.1. The molecule has 1 atom stereocenters. The molecule has 2 aliphatic heterocycles. The van der Waals surface area contributed by atoms with Crippen molar-refractivity contribution in [2.24, 2.45) is 0 Å². The smallest absolute Gasteiger partial charge is 0.329 e. The molecule has 0 aromatic heterocycles. The van der Waals surface area contributed by atoms with Crippen molar-refractivity contribution < 1.29 is 57.5 Å². The van der Waals surface area contributed by atoms with E-state index in [4.69, 9.17) is 33.5 Å². The molecular formula is C27H37N3O12. The van der Waals surface area contributed by atoms with E-state index in [-0.39, 0.29) is 37.2 Å². The fourth-order valence-corrected chi connectivity index (χ4v) is 4.18. The van der Waals surface area contributed by atoms with Crippen LogP contribution in [0.25, 0.3) is 0 Å². The van der Waals surface area contributed by atoms with Gasteiger partial charge in [-0.3, -0.25) is 29.4 Å². The van der Waals surface area contributed by atoms with Crippen molar-refractivity contribution in [1.29, 1.82) is 0 Å². The van der Waals surface area contributed by atoms with Crippen LogP contribution in [0.4, 0.5) is 5.69 Å². The number of carboxylic acids is 1. The molecule has 0 aliphatic carbocycles. The summed E-state index contributed by atoms with van der Waals surface area (Å²) in [4.78, 5) is 60.9. The van der Waals surface area contributed by atoms with Gasteiger partial charge in [0.1, 0.15) is 12.6 Å². The molecule has 1 aromatic rings. The Labute approximate surface area is 242 Å². The van der Waals surface area contributed by atoms with Gasteiger partial charge in [0.25, 0.3) is 11.8 Å². The highest BCUT2D eigenvalue weighted by molar-refractivity contribution is 6.25. The van der Waals surface area contributed by atoms with Crippen LogP contribution in [-0.4, -0.2) is 131 Å². The number of piperidine rings is 1. The van der Waals surface area contributed by atoms with Crippen molar-refractivity contribution >= 4 is 35.3 Å². The summed E-state index contributed by atoms with van der Waals surface area (Å²) < 4.78 is 31.8. The summed E-state index contributed by atoms with van der Waals surface area (Å²) in [5.41, 5.74) is 0.884. The summed E-state index contributed by atoms with van der Waals surface area (Å²) in [6, 6.07) is 3.87. The standard InChI is InChI=1S/C27H37N3O12/c31-22-5-4-21(25(34)29-22)30-26(35)19-2-1-3-20(24(19)27(30)36)28-6-7-37-8-9-38-10-11-39-12-13-40-14-15-41-16-17-42-18-23(32)33/h1-3,21,28H,4-18H2,(H,32,33)(H,29,31,34). The maximum Gasteiger partial charge on any atom is 0.329 e. The summed E-state index contributed by atoms with van der Waals surface area (Å²) in [6.45, 7) is 4.03. The van der Waals surface area contributed by atoms with E-state index in [9.17, 15) is 24.0 Å². The van der Waals surface area contributed by atoms with Crippen molar-refractivity contribution in [3.8, 4) is 0 Å². The van der Waals surface area contributed by atoms with Gasteiger partial charge in [0.2, 0.25) is 11.8 Å². The Morgan fingerprint density at radius 3 is 1.90 bits per heavy atom. The zero-order valence-corrected chi connectivity index (χ0v) is 23.3. The van der Waals surface area contributed by atoms with Crippen LogP contribution in [0.1, 0.15) is 33.6 Å². The second-order valence-electron chi connectivity index (χ2n) is 9.11. The normalized spacial score (nSPS) is 16.6. The molecule has 1 unspecified atom stereocenters. The van der Waals surface area contributed by atoms with Crippen LogP contribution < -0.4 is 10.6 Å². The van der Waals surface area contributed by atoms with E-state index in [1.54, 1.807) is 18.2 Å². The third-order valence-corrected chi connectivity index (χ3v) is 6.12. The first-order valence-corrected chi connectivity index (χ1v) is 13.7. The lowest BCUT2D eigenvalue weighted by Gasteiger charge is -2.27. The fourth-order valence-electron chi connectivity index (χ4n) is 4.18. The zero-order valence-electron chi connectivity index (χ0n) is 23.3. The Morgan fingerprint density at radius 2 is 1.36 bits per heavy atom. The van der Waals surface area contributed by atoms with Crippen LogP contribution in [0, 0.1) is 0 Å². The molecular weight excluding hydrogens is 558 g/mol. The van der Waals surface area contributed by atoms with E-state index in [0.717, 1.165) is 4.90 Å². The number of amides is 4. The van der Waals surface area contributed by atoms with Crippen LogP contribution in [-0.2, 0) is 42.8 Å². The lowest BCUT2D eigenvalue weighted by Crippen LogP contribution is -2.54. The number of nitrogens with zero attached hydrogens (tertiary/aromatic N) is 1. The number of carbonyl (C=O) groups excluding carboxylic acids is 4. The molecule has 1 aromatic carbocycles. The number of ether oxygens (including phenoxy) is 6. The zero-order chi connectivity index (χ0) is 30.2. The third kappa shape index (κ3) is 10.4. The van der Waals surface area contributed by atoms with Crippen LogP contribution in [0.5, 0.6) is 0 Å². The summed E-state index contributed by atoms with van der Waals surface area (Å²) in [5.74, 6) is -3.21. The second kappa shape index (κ2) is 18.1. The molecule has 232 valence electrons. The van der Waals surface area contributed by atoms with Gasteiger partial charge in [-0.05, 0) is 18.6 Å². The van der Waals surface area contributed by atoms with E-state index >= 15 is 0 Å². The van der Waals surface area contributed by atoms with Crippen molar-refractivity contribution in [3.63, 3.8) is 0 Å². The van der Waals surface area contributed by atoms with Crippen molar-refractivity contribution in [1.82, 2.24) is 10.2 Å². The molecule has 3 N–H and O–H groups in total.